The summed E-state index contributed by atoms with van der Waals surface area (Å²) in [5.41, 5.74) is 0.910. The molecule has 2 heterocycles. The highest BCUT2D eigenvalue weighted by Gasteiger charge is 2.25. The van der Waals surface area contributed by atoms with E-state index in [1.165, 1.54) is 10.6 Å². The summed E-state index contributed by atoms with van der Waals surface area (Å²) in [5.74, 6) is 0. The molecule has 0 radical (unpaired) electrons. The third-order valence-corrected chi connectivity index (χ3v) is 4.74. The Morgan fingerprint density at radius 2 is 2.05 bits per heavy atom. The molecule has 1 fully saturated rings. The molecule has 19 heavy (non-hydrogen) atoms. The molecule has 2 rings (SSSR count). The number of sulfonamides is 1. The van der Waals surface area contributed by atoms with Gasteiger partial charge in [0.1, 0.15) is 0 Å². The van der Waals surface area contributed by atoms with Crippen LogP contribution >= 0.6 is 0 Å². The lowest BCUT2D eigenvalue weighted by molar-refractivity contribution is 0.277. The molecule has 0 amide bonds. The monoisotopic (exact) mass is 284 g/mol. The predicted molar refractivity (Wildman–Crippen MR) is 73.0 cm³/mol. The fourth-order valence-electron chi connectivity index (χ4n) is 2.33. The minimum absolute atomic E-state index is 0.128. The highest BCUT2D eigenvalue weighted by Crippen LogP contribution is 2.17. The standard InChI is InChI=1S/C12H20N4O2S/c1-10(12-9-13-5-6-14-12)15-11-3-7-16(8-4-11)19(2,17)18/h5-6,9-11,15H,3-4,7-8H2,1-2H3. The normalized spacial score (nSPS) is 20.3. The van der Waals surface area contributed by atoms with Crippen LogP contribution in [0.1, 0.15) is 31.5 Å². The van der Waals surface area contributed by atoms with Crippen molar-refractivity contribution in [3.05, 3.63) is 24.3 Å². The molecule has 106 valence electrons. The molecular weight excluding hydrogens is 264 g/mol. The second-order valence-corrected chi connectivity index (χ2v) is 6.94. The zero-order chi connectivity index (χ0) is 13.9. The first-order valence-electron chi connectivity index (χ1n) is 6.44. The average Bonchev–Trinajstić information content (AvgIpc) is 2.39. The third-order valence-electron chi connectivity index (χ3n) is 3.44. The van der Waals surface area contributed by atoms with Gasteiger partial charge in [-0.25, -0.2) is 12.7 Å². The van der Waals surface area contributed by atoms with Crippen LogP contribution in [0.5, 0.6) is 0 Å². The second-order valence-electron chi connectivity index (χ2n) is 4.95. The van der Waals surface area contributed by atoms with Crippen molar-refractivity contribution in [1.29, 1.82) is 0 Å². The van der Waals surface area contributed by atoms with Crippen molar-refractivity contribution in [3.63, 3.8) is 0 Å². The molecule has 1 atom stereocenters. The van der Waals surface area contributed by atoms with Crippen LogP contribution in [0.25, 0.3) is 0 Å². The zero-order valence-corrected chi connectivity index (χ0v) is 12.1. The molecule has 0 bridgehead atoms. The number of nitrogens with one attached hydrogen (secondary N) is 1. The zero-order valence-electron chi connectivity index (χ0n) is 11.3. The van der Waals surface area contributed by atoms with Gasteiger partial charge in [-0.15, -0.1) is 0 Å². The molecule has 1 aliphatic rings. The third kappa shape index (κ3) is 3.95. The molecular formula is C12H20N4O2S. The maximum Gasteiger partial charge on any atom is 0.211 e. The van der Waals surface area contributed by atoms with Crippen LogP contribution in [0.4, 0.5) is 0 Å². The van der Waals surface area contributed by atoms with Gasteiger partial charge in [-0.05, 0) is 19.8 Å². The second kappa shape index (κ2) is 5.94. The first-order chi connectivity index (χ1) is 8.97. The molecule has 0 aromatic carbocycles. The van der Waals surface area contributed by atoms with Gasteiger partial charge in [-0.1, -0.05) is 0 Å². The van der Waals surface area contributed by atoms with Crippen LogP contribution in [-0.2, 0) is 10.0 Å². The summed E-state index contributed by atoms with van der Waals surface area (Å²) in [6.45, 7) is 3.22. The van der Waals surface area contributed by atoms with E-state index < -0.39 is 10.0 Å². The van der Waals surface area contributed by atoms with Crippen molar-refractivity contribution in [2.24, 2.45) is 0 Å². The molecule has 1 N–H and O–H groups in total. The van der Waals surface area contributed by atoms with E-state index in [1.807, 2.05) is 6.92 Å². The minimum atomic E-state index is -3.05. The number of nitrogens with zero attached hydrogens (tertiary/aromatic N) is 3. The van der Waals surface area contributed by atoms with Gasteiger partial charge >= 0.3 is 0 Å². The van der Waals surface area contributed by atoms with E-state index in [0.29, 0.717) is 19.1 Å². The first-order valence-corrected chi connectivity index (χ1v) is 8.29. The molecule has 7 heteroatoms. The van der Waals surface area contributed by atoms with Gasteiger partial charge < -0.3 is 5.32 Å². The van der Waals surface area contributed by atoms with E-state index in [4.69, 9.17) is 0 Å². The predicted octanol–water partition coefficient (Wildman–Crippen LogP) is 0.551. The lowest BCUT2D eigenvalue weighted by atomic mass is 10.1. The molecule has 6 nitrogen and oxygen atoms in total. The Bertz CT molecular complexity index is 498. The first kappa shape index (κ1) is 14.4. The summed E-state index contributed by atoms with van der Waals surface area (Å²) in [5, 5.41) is 3.48. The maximum absolute atomic E-state index is 11.4. The average molecular weight is 284 g/mol. The van der Waals surface area contributed by atoms with Gasteiger partial charge in [0.25, 0.3) is 0 Å². The Morgan fingerprint density at radius 3 is 2.58 bits per heavy atom. The van der Waals surface area contributed by atoms with Crippen LogP contribution < -0.4 is 5.32 Å². The van der Waals surface area contributed by atoms with Crippen LogP contribution in [-0.4, -0.2) is 48.1 Å². The summed E-state index contributed by atoms with van der Waals surface area (Å²) in [7, 11) is -3.05. The highest BCUT2D eigenvalue weighted by molar-refractivity contribution is 7.88. The minimum Gasteiger partial charge on any atom is -0.306 e. The van der Waals surface area contributed by atoms with Gasteiger partial charge in [0.05, 0.1) is 11.9 Å². The number of aromatic nitrogens is 2. The number of hydrogen-bond acceptors (Lipinski definition) is 5. The van der Waals surface area contributed by atoms with Crippen molar-refractivity contribution in [2.75, 3.05) is 19.3 Å². The summed E-state index contributed by atoms with van der Waals surface area (Å²) >= 11 is 0. The summed E-state index contributed by atoms with van der Waals surface area (Å²) in [6, 6.07) is 0.457. The molecule has 1 saturated heterocycles. The van der Waals surface area contributed by atoms with Gasteiger partial charge in [-0.3, -0.25) is 9.97 Å². The lowest BCUT2D eigenvalue weighted by Gasteiger charge is -2.32. The topological polar surface area (TPSA) is 75.2 Å². The van der Waals surface area contributed by atoms with E-state index in [2.05, 4.69) is 15.3 Å². The van der Waals surface area contributed by atoms with Crippen molar-refractivity contribution in [3.8, 4) is 0 Å². The lowest BCUT2D eigenvalue weighted by Crippen LogP contribution is -2.45. The van der Waals surface area contributed by atoms with E-state index in [-0.39, 0.29) is 6.04 Å². The fourth-order valence-corrected chi connectivity index (χ4v) is 3.20. The van der Waals surface area contributed by atoms with Crippen molar-refractivity contribution in [2.45, 2.75) is 31.8 Å². The molecule has 1 aliphatic heterocycles. The Hall–Kier alpha value is -1.05. The van der Waals surface area contributed by atoms with Gasteiger partial charge in [0, 0.05) is 43.8 Å². The smallest absolute Gasteiger partial charge is 0.211 e. The quantitative estimate of drug-likeness (QED) is 0.874. The number of hydrogen-bond donors (Lipinski definition) is 1. The Balaban J connectivity index is 1.86. The van der Waals surface area contributed by atoms with Crippen LogP contribution in [0.15, 0.2) is 18.6 Å². The van der Waals surface area contributed by atoms with Gasteiger partial charge in [-0.2, -0.15) is 0 Å². The molecule has 1 aromatic heterocycles. The largest absolute Gasteiger partial charge is 0.306 e. The molecule has 0 aliphatic carbocycles. The van der Waals surface area contributed by atoms with Crippen LogP contribution in [0.3, 0.4) is 0 Å². The van der Waals surface area contributed by atoms with Crippen molar-refractivity contribution < 1.29 is 8.42 Å². The molecule has 1 unspecified atom stereocenters. The van der Waals surface area contributed by atoms with Crippen molar-refractivity contribution in [1.82, 2.24) is 19.6 Å². The molecule has 0 saturated carbocycles. The Labute approximate surface area is 114 Å². The van der Waals surface area contributed by atoms with E-state index in [9.17, 15) is 8.42 Å². The van der Waals surface area contributed by atoms with Gasteiger partial charge in [0.2, 0.25) is 10.0 Å². The SMILES string of the molecule is CC(NC1CCN(S(C)(=O)=O)CC1)c1cnccn1. The fraction of sp³-hybridized carbons (Fsp3) is 0.667. The summed E-state index contributed by atoms with van der Waals surface area (Å²) in [4.78, 5) is 8.32. The molecule has 0 spiro atoms. The van der Waals surface area contributed by atoms with E-state index in [0.717, 1.165) is 18.5 Å². The Morgan fingerprint density at radius 1 is 1.37 bits per heavy atom. The number of piperidine rings is 1. The summed E-state index contributed by atoms with van der Waals surface area (Å²) < 4.78 is 24.4. The highest BCUT2D eigenvalue weighted by atomic mass is 32.2. The Kier molecular flexibility index (Phi) is 4.49. The number of rotatable bonds is 4. The maximum atomic E-state index is 11.4. The van der Waals surface area contributed by atoms with Crippen molar-refractivity contribution >= 4 is 10.0 Å². The molecule has 1 aromatic rings. The van der Waals surface area contributed by atoms with Gasteiger partial charge in [0.15, 0.2) is 0 Å². The summed E-state index contributed by atoms with van der Waals surface area (Å²) in [6.07, 6.45) is 8.02. The van der Waals surface area contributed by atoms with Crippen LogP contribution in [0.2, 0.25) is 0 Å². The van der Waals surface area contributed by atoms with E-state index in [1.54, 1.807) is 18.6 Å². The van der Waals surface area contributed by atoms with Crippen LogP contribution in [0, 0.1) is 0 Å². The van der Waals surface area contributed by atoms with E-state index >= 15 is 0 Å².